The van der Waals surface area contributed by atoms with Crippen molar-refractivity contribution in [3.05, 3.63) is 11.6 Å². The SMILES string of the molecule is CC1O[C@@H](OC2[C@H](O[C@H]3CC[C@@]4(C)C(=CC[C@H]5[C@@H]6CC7OC(O)(CC[C@@H](C)CO[C@@H]8OC(CO)[C@@H](O)[C@H](O)C8O)[C@@H](C)[C@@H]7[C@@]6(C)CC[C@@H]54)C3)OC(CO)[C@@H](O[C@@H]3OC(CO)[C@@H](O)[C@H](O)C3O)[C@@H]2O)C(O)C[C@H]1O. The summed E-state index contributed by atoms with van der Waals surface area (Å²) in [5.41, 5.74) is 1.10. The van der Waals surface area contributed by atoms with Crippen LogP contribution in [0.1, 0.15) is 98.8 Å². The maximum absolute atomic E-state index is 12.1. The molecule has 0 bridgehead atoms. The lowest BCUT2D eigenvalue weighted by atomic mass is 9.47. The van der Waals surface area contributed by atoms with Gasteiger partial charge >= 0.3 is 0 Å². The molecule has 22 nitrogen and oxygen atoms in total. The van der Waals surface area contributed by atoms with Gasteiger partial charge in [0.1, 0.15) is 79.4 Å². The van der Waals surface area contributed by atoms with E-state index in [2.05, 4.69) is 26.8 Å². The van der Waals surface area contributed by atoms with Gasteiger partial charge in [-0.3, -0.25) is 0 Å². The van der Waals surface area contributed by atoms with Gasteiger partial charge in [-0.15, -0.1) is 0 Å². The summed E-state index contributed by atoms with van der Waals surface area (Å²) in [6, 6.07) is 0. The fraction of sp³-hybridized carbons (Fsp3) is 0.961. The van der Waals surface area contributed by atoms with Crippen molar-refractivity contribution in [1.82, 2.24) is 0 Å². The van der Waals surface area contributed by atoms with Crippen molar-refractivity contribution in [2.45, 2.75) is 234 Å². The zero-order chi connectivity index (χ0) is 52.6. The molecule has 9 rings (SSSR count). The van der Waals surface area contributed by atoms with Gasteiger partial charge in [0.05, 0.1) is 50.8 Å². The predicted octanol–water partition coefficient (Wildman–Crippen LogP) is -1.98. The Hall–Kier alpha value is -1.14. The Bertz CT molecular complexity index is 1880. The highest BCUT2D eigenvalue weighted by Gasteiger charge is 2.68. The number of aliphatic hydroxyl groups excluding tert-OH is 12. The van der Waals surface area contributed by atoms with Crippen molar-refractivity contribution in [3.63, 3.8) is 0 Å². The summed E-state index contributed by atoms with van der Waals surface area (Å²) in [5.74, 6) is -0.190. The Morgan fingerprint density at radius 3 is 1.96 bits per heavy atom. The molecule has 0 amide bonds. The van der Waals surface area contributed by atoms with Gasteiger partial charge in [-0.2, -0.15) is 0 Å². The van der Waals surface area contributed by atoms with Crippen molar-refractivity contribution in [1.29, 1.82) is 0 Å². The Balaban J connectivity index is 0.842. The van der Waals surface area contributed by atoms with Crippen molar-refractivity contribution in [3.8, 4) is 0 Å². The van der Waals surface area contributed by atoms with Crippen LogP contribution >= 0.6 is 0 Å². The van der Waals surface area contributed by atoms with Gasteiger partial charge in [0, 0.05) is 18.8 Å². The number of aliphatic hydroxyl groups is 13. The molecular formula is C51H84O22. The normalized spacial score (nSPS) is 54.5. The third kappa shape index (κ3) is 10.4. The molecule has 13 N–H and O–H groups in total. The number of hydrogen-bond acceptors (Lipinski definition) is 22. The smallest absolute Gasteiger partial charge is 0.187 e. The summed E-state index contributed by atoms with van der Waals surface area (Å²) in [6.45, 7) is 8.63. The van der Waals surface area contributed by atoms with Gasteiger partial charge in [-0.1, -0.05) is 39.3 Å². The van der Waals surface area contributed by atoms with Gasteiger partial charge in [0.2, 0.25) is 0 Å². The number of hydrogen-bond donors (Lipinski definition) is 13. The van der Waals surface area contributed by atoms with E-state index in [9.17, 15) is 66.4 Å². The van der Waals surface area contributed by atoms with Crippen molar-refractivity contribution in [2.75, 3.05) is 26.4 Å². The molecule has 0 aromatic rings. The minimum absolute atomic E-state index is 0.0527. The van der Waals surface area contributed by atoms with Crippen LogP contribution in [-0.2, 0) is 42.6 Å². The third-order valence-corrected chi connectivity index (χ3v) is 19.4. The molecule has 3 saturated carbocycles. The van der Waals surface area contributed by atoms with Gasteiger partial charge in [0.15, 0.2) is 30.9 Å². The number of allylic oxidation sites excluding steroid dienone is 1. The van der Waals surface area contributed by atoms with E-state index in [0.29, 0.717) is 43.4 Å². The van der Waals surface area contributed by atoms with Crippen LogP contribution in [-0.4, -0.2) is 228 Å². The maximum Gasteiger partial charge on any atom is 0.187 e. The van der Waals surface area contributed by atoms with E-state index >= 15 is 0 Å². The van der Waals surface area contributed by atoms with Gasteiger partial charge in [0.25, 0.3) is 0 Å². The van der Waals surface area contributed by atoms with E-state index in [0.717, 1.165) is 32.1 Å². The van der Waals surface area contributed by atoms with Crippen molar-refractivity contribution in [2.24, 2.45) is 46.3 Å². The quantitative estimate of drug-likeness (QED) is 0.0791. The highest BCUT2D eigenvalue weighted by Crippen LogP contribution is 2.70. The lowest BCUT2D eigenvalue weighted by Crippen LogP contribution is -2.66. The second-order valence-corrected chi connectivity index (χ2v) is 23.7. The Kier molecular flexibility index (Phi) is 17.2. The van der Waals surface area contributed by atoms with Crippen LogP contribution in [0.2, 0.25) is 0 Å². The standard InChI is InChI=1S/C51H84O22/c1-21(20-65-46-40(61)38(59)36(57)32(17-52)68-46)8-13-51(64)22(2)35-31(73-51)15-28-26-7-6-24-14-25(9-11-49(24,4)27(26)10-12-50(28,35)5)67-48-44(72-45-30(56)16-29(55)23(3)66-45)42(63)43(34(19-54)70-48)71-47-41(62)39(60)37(58)33(18-53)69-47/h6,21-23,25-48,52-64H,7-20H2,1-5H3/t21-,22+,23?,25+,26-,27+,28+,29-,30?,31?,32?,33?,34?,35+,36-,37-,38+,39+,40?,41?,42+,43-,44?,45+,46-,47+,48-,49+,50+,51?/m1/s1. The van der Waals surface area contributed by atoms with Gasteiger partial charge in [-0.25, -0.2) is 0 Å². The molecule has 0 spiro atoms. The van der Waals surface area contributed by atoms with Crippen LogP contribution in [0, 0.1) is 46.3 Å². The predicted molar refractivity (Wildman–Crippen MR) is 249 cm³/mol. The Morgan fingerprint density at radius 1 is 0.658 bits per heavy atom. The van der Waals surface area contributed by atoms with Crippen LogP contribution < -0.4 is 0 Å². The number of rotatable bonds is 15. The maximum atomic E-state index is 12.1. The molecule has 22 heteroatoms. The third-order valence-electron chi connectivity index (χ3n) is 19.4. The lowest BCUT2D eigenvalue weighted by Gasteiger charge is -2.58. The molecule has 5 heterocycles. The summed E-state index contributed by atoms with van der Waals surface area (Å²) < 4.78 is 54.7. The molecule has 5 saturated heterocycles. The first-order valence-corrected chi connectivity index (χ1v) is 26.8. The zero-order valence-corrected chi connectivity index (χ0v) is 42.6. The average Bonchev–Trinajstić information content (AvgIpc) is 3.80. The molecule has 4 aliphatic carbocycles. The van der Waals surface area contributed by atoms with Gasteiger partial charge < -0.3 is 109 Å². The van der Waals surface area contributed by atoms with Crippen LogP contribution in [0.5, 0.6) is 0 Å². The number of ether oxygens (including phenoxy) is 9. The molecule has 30 atom stereocenters. The zero-order valence-electron chi connectivity index (χ0n) is 42.6. The molecule has 0 radical (unpaired) electrons. The second kappa shape index (κ2) is 22.2. The van der Waals surface area contributed by atoms with E-state index in [1.165, 1.54) is 5.57 Å². The van der Waals surface area contributed by atoms with E-state index in [1.54, 1.807) is 6.92 Å². The molecule has 0 aromatic carbocycles. The highest BCUT2D eigenvalue weighted by molar-refractivity contribution is 5.26. The largest absolute Gasteiger partial charge is 0.394 e. The molecule has 5 aliphatic heterocycles. The number of fused-ring (bicyclic) bond motifs is 7. The lowest BCUT2D eigenvalue weighted by molar-refractivity contribution is -0.385. The summed E-state index contributed by atoms with van der Waals surface area (Å²) in [7, 11) is 0. The van der Waals surface area contributed by atoms with Crippen LogP contribution in [0.25, 0.3) is 0 Å². The molecule has 73 heavy (non-hydrogen) atoms. The summed E-state index contributed by atoms with van der Waals surface area (Å²) in [4.78, 5) is 0. The van der Waals surface area contributed by atoms with E-state index in [4.69, 9.17) is 42.6 Å². The summed E-state index contributed by atoms with van der Waals surface area (Å²) >= 11 is 0. The van der Waals surface area contributed by atoms with Crippen molar-refractivity contribution >= 4 is 0 Å². The monoisotopic (exact) mass is 1050 g/mol. The average molecular weight is 1050 g/mol. The fourth-order valence-electron chi connectivity index (χ4n) is 14.9. The Morgan fingerprint density at radius 2 is 1.29 bits per heavy atom. The summed E-state index contributed by atoms with van der Waals surface area (Å²) in [6.07, 6.45) is -18.1. The Labute approximate surface area is 426 Å². The molecule has 9 aliphatic rings. The molecular weight excluding hydrogens is 965 g/mol. The fourth-order valence-corrected chi connectivity index (χ4v) is 14.9. The van der Waals surface area contributed by atoms with Crippen LogP contribution in [0.3, 0.4) is 0 Å². The van der Waals surface area contributed by atoms with E-state index < -0.39 is 148 Å². The van der Waals surface area contributed by atoms with Gasteiger partial charge in [-0.05, 0) is 98.7 Å². The van der Waals surface area contributed by atoms with E-state index in [-0.39, 0.29) is 47.7 Å². The first kappa shape index (κ1) is 56.6. The first-order valence-electron chi connectivity index (χ1n) is 26.8. The van der Waals surface area contributed by atoms with E-state index in [1.807, 2.05) is 6.92 Å². The highest BCUT2D eigenvalue weighted by atomic mass is 16.8. The minimum atomic E-state index is -1.82. The molecule has 420 valence electrons. The topological polar surface area (TPSA) is 346 Å². The molecule has 0 aromatic heterocycles. The molecule has 10 unspecified atom stereocenters. The van der Waals surface area contributed by atoms with Crippen LogP contribution in [0.15, 0.2) is 11.6 Å². The minimum Gasteiger partial charge on any atom is -0.394 e. The second-order valence-electron chi connectivity index (χ2n) is 23.7. The summed E-state index contributed by atoms with van der Waals surface area (Å²) in [5, 5.41) is 138. The first-order chi connectivity index (χ1) is 34.6. The van der Waals surface area contributed by atoms with Crippen molar-refractivity contribution < 1.29 is 109 Å². The molecule has 8 fully saturated rings. The van der Waals surface area contributed by atoms with Crippen LogP contribution in [0.4, 0.5) is 0 Å².